The lowest BCUT2D eigenvalue weighted by Gasteiger charge is -2.28. The fourth-order valence-electron chi connectivity index (χ4n) is 4.47. The molecule has 1 aliphatic heterocycles. The molecule has 0 aromatic carbocycles. The van der Waals surface area contributed by atoms with Gasteiger partial charge < -0.3 is 10.2 Å². The molecule has 1 amide bonds. The lowest BCUT2D eigenvalue weighted by atomic mass is 9.86. The van der Waals surface area contributed by atoms with E-state index in [0.29, 0.717) is 18.2 Å². The Morgan fingerprint density at radius 2 is 2.04 bits per heavy atom. The van der Waals surface area contributed by atoms with E-state index in [1.807, 2.05) is 24.0 Å². The van der Waals surface area contributed by atoms with Crippen molar-refractivity contribution in [2.75, 3.05) is 11.9 Å². The third kappa shape index (κ3) is 4.32. The van der Waals surface area contributed by atoms with Gasteiger partial charge in [0.05, 0.1) is 24.1 Å². The number of aryl methyl sites for hydroxylation is 1. The van der Waals surface area contributed by atoms with Crippen molar-refractivity contribution in [2.24, 2.45) is 5.92 Å². The van der Waals surface area contributed by atoms with Gasteiger partial charge in [-0.2, -0.15) is 0 Å². The molecule has 2 aromatic rings. The van der Waals surface area contributed by atoms with Crippen molar-refractivity contribution < 1.29 is 4.79 Å². The van der Waals surface area contributed by atoms with Crippen LogP contribution in [0.5, 0.6) is 0 Å². The molecule has 1 atom stereocenters. The maximum atomic E-state index is 13.0. The van der Waals surface area contributed by atoms with Crippen molar-refractivity contribution in [1.82, 2.24) is 19.9 Å². The fourth-order valence-corrected chi connectivity index (χ4v) is 4.47. The molecule has 6 heteroatoms. The number of nitrogens with one attached hydrogen (secondary N) is 1. The summed E-state index contributed by atoms with van der Waals surface area (Å²) in [6, 6.07) is 3.96. The molecule has 0 bridgehead atoms. The molecule has 2 aromatic heterocycles. The molecule has 3 heterocycles. The molecule has 0 unspecified atom stereocenters. The van der Waals surface area contributed by atoms with Gasteiger partial charge >= 0.3 is 0 Å². The van der Waals surface area contributed by atoms with E-state index in [1.54, 1.807) is 18.6 Å². The highest BCUT2D eigenvalue weighted by Crippen LogP contribution is 2.34. The van der Waals surface area contributed by atoms with Crippen LogP contribution in [0.3, 0.4) is 0 Å². The van der Waals surface area contributed by atoms with Crippen LogP contribution in [-0.4, -0.2) is 32.3 Å². The molecule has 1 aliphatic carbocycles. The Balaban J connectivity index is 1.46. The summed E-state index contributed by atoms with van der Waals surface area (Å²) in [5.74, 6) is 2.31. The average Bonchev–Trinajstić information content (AvgIpc) is 3.21. The topological polar surface area (TPSA) is 71.0 Å². The first-order valence-corrected chi connectivity index (χ1v) is 10.5. The Kier molecular flexibility index (Phi) is 5.84. The Morgan fingerprint density at radius 3 is 2.86 bits per heavy atom. The Morgan fingerprint density at radius 1 is 1.18 bits per heavy atom. The predicted octanol–water partition coefficient (Wildman–Crippen LogP) is 4.56. The summed E-state index contributed by atoms with van der Waals surface area (Å²) < 4.78 is 0. The summed E-state index contributed by atoms with van der Waals surface area (Å²) in [6.45, 7) is 2.84. The van der Waals surface area contributed by atoms with Crippen molar-refractivity contribution >= 4 is 17.5 Å². The number of aromatic nitrogens is 3. The first-order chi connectivity index (χ1) is 13.7. The summed E-state index contributed by atoms with van der Waals surface area (Å²) in [4.78, 5) is 28.5. The number of hydrogen-bond acceptors (Lipinski definition) is 5. The van der Waals surface area contributed by atoms with Crippen LogP contribution in [0.2, 0.25) is 0 Å². The summed E-state index contributed by atoms with van der Waals surface area (Å²) in [5.41, 5.74) is 1.92. The van der Waals surface area contributed by atoms with Crippen molar-refractivity contribution in [3.05, 3.63) is 42.0 Å². The largest absolute Gasteiger partial charge is 0.334 e. The maximum absolute atomic E-state index is 13.0. The minimum absolute atomic E-state index is 0.0372. The number of carbonyl (C=O) groups excluding carboxylic acids is 1. The van der Waals surface area contributed by atoms with Crippen LogP contribution in [-0.2, 0) is 4.79 Å². The first-order valence-electron chi connectivity index (χ1n) is 10.5. The number of anilines is 2. The zero-order chi connectivity index (χ0) is 19.3. The van der Waals surface area contributed by atoms with E-state index >= 15 is 0 Å². The minimum atomic E-state index is 0.0372. The molecule has 2 aliphatic rings. The molecular weight excluding hydrogens is 350 g/mol. The number of nitrogens with zero attached hydrogens (tertiary/aromatic N) is 4. The van der Waals surface area contributed by atoms with Gasteiger partial charge in [-0.15, -0.1) is 0 Å². The molecule has 2 fully saturated rings. The molecule has 6 nitrogen and oxygen atoms in total. The number of pyridine rings is 1. The molecular formula is C22H29N5O. The van der Waals surface area contributed by atoms with Gasteiger partial charge in [0.15, 0.2) is 0 Å². The molecule has 1 N–H and O–H groups in total. The SMILES string of the molecule is Cc1cccnc1Nc1cncc([C@H]2CCCN2C(=O)CC2CCCCC2)n1. The maximum Gasteiger partial charge on any atom is 0.223 e. The van der Waals surface area contributed by atoms with E-state index in [4.69, 9.17) is 4.98 Å². The van der Waals surface area contributed by atoms with E-state index in [1.165, 1.54) is 32.1 Å². The van der Waals surface area contributed by atoms with E-state index in [9.17, 15) is 4.79 Å². The smallest absolute Gasteiger partial charge is 0.223 e. The molecule has 1 saturated heterocycles. The quantitative estimate of drug-likeness (QED) is 0.825. The molecule has 28 heavy (non-hydrogen) atoms. The Labute approximate surface area is 166 Å². The van der Waals surface area contributed by atoms with Gasteiger partial charge in [-0.05, 0) is 50.2 Å². The molecule has 0 spiro atoms. The monoisotopic (exact) mass is 379 g/mol. The molecule has 148 valence electrons. The summed E-state index contributed by atoms with van der Waals surface area (Å²) in [5, 5.41) is 3.26. The normalized spacial score (nSPS) is 20.3. The van der Waals surface area contributed by atoms with Gasteiger partial charge in [-0.25, -0.2) is 9.97 Å². The number of rotatable bonds is 5. The van der Waals surface area contributed by atoms with Gasteiger partial charge in [0.1, 0.15) is 11.6 Å². The minimum Gasteiger partial charge on any atom is -0.334 e. The third-order valence-electron chi connectivity index (χ3n) is 6.01. The van der Waals surface area contributed by atoms with Crippen LogP contribution >= 0.6 is 0 Å². The summed E-state index contributed by atoms with van der Waals surface area (Å²) in [7, 11) is 0. The number of amides is 1. The highest BCUT2D eigenvalue weighted by atomic mass is 16.2. The molecule has 4 rings (SSSR count). The predicted molar refractivity (Wildman–Crippen MR) is 109 cm³/mol. The Bertz CT molecular complexity index is 818. The second-order valence-corrected chi connectivity index (χ2v) is 8.08. The zero-order valence-corrected chi connectivity index (χ0v) is 16.6. The van der Waals surface area contributed by atoms with Gasteiger partial charge in [0.25, 0.3) is 0 Å². The molecule has 0 radical (unpaired) electrons. The lowest BCUT2D eigenvalue weighted by Crippen LogP contribution is -2.32. The van der Waals surface area contributed by atoms with E-state index in [-0.39, 0.29) is 11.9 Å². The van der Waals surface area contributed by atoms with Crippen molar-refractivity contribution in [2.45, 2.75) is 64.3 Å². The molecule has 1 saturated carbocycles. The number of carbonyl (C=O) groups is 1. The van der Waals surface area contributed by atoms with E-state index in [2.05, 4.69) is 15.3 Å². The number of likely N-dealkylation sites (tertiary alicyclic amines) is 1. The summed E-state index contributed by atoms with van der Waals surface area (Å²) in [6.07, 6.45) is 14.2. The van der Waals surface area contributed by atoms with Crippen LogP contribution in [0.1, 0.15) is 68.7 Å². The first kappa shape index (κ1) is 18.8. The van der Waals surface area contributed by atoms with Gasteiger partial charge in [0, 0.05) is 19.2 Å². The standard InChI is InChI=1S/C22H29N5O/c1-16-7-5-11-24-22(16)26-20-15-23-14-18(25-20)19-10-6-12-27(19)21(28)13-17-8-3-2-4-9-17/h5,7,11,14-15,17,19H,2-4,6,8-10,12-13H2,1H3,(H,24,25,26)/t19-/m1/s1. The second-order valence-electron chi connectivity index (χ2n) is 8.08. The van der Waals surface area contributed by atoms with Crippen LogP contribution in [0.4, 0.5) is 11.6 Å². The van der Waals surface area contributed by atoms with Gasteiger partial charge in [-0.3, -0.25) is 9.78 Å². The van der Waals surface area contributed by atoms with Gasteiger partial charge in [-0.1, -0.05) is 25.3 Å². The van der Waals surface area contributed by atoms with Crippen LogP contribution in [0, 0.1) is 12.8 Å². The van der Waals surface area contributed by atoms with Crippen LogP contribution in [0.25, 0.3) is 0 Å². The third-order valence-corrected chi connectivity index (χ3v) is 6.01. The zero-order valence-electron chi connectivity index (χ0n) is 16.6. The van der Waals surface area contributed by atoms with Crippen molar-refractivity contribution in [3.8, 4) is 0 Å². The highest BCUT2D eigenvalue weighted by molar-refractivity contribution is 5.77. The highest BCUT2D eigenvalue weighted by Gasteiger charge is 2.32. The van der Waals surface area contributed by atoms with Crippen molar-refractivity contribution in [3.63, 3.8) is 0 Å². The van der Waals surface area contributed by atoms with E-state index < -0.39 is 0 Å². The average molecular weight is 380 g/mol. The lowest BCUT2D eigenvalue weighted by molar-refractivity contribution is -0.133. The van der Waals surface area contributed by atoms with E-state index in [0.717, 1.165) is 36.5 Å². The van der Waals surface area contributed by atoms with Crippen LogP contribution in [0.15, 0.2) is 30.7 Å². The second kappa shape index (κ2) is 8.67. The number of hydrogen-bond donors (Lipinski definition) is 1. The Hall–Kier alpha value is -2.50. The van der Waals surface area contributed by atoms with Crippen LogP contribution < -0.4 is 5.32 Å². The fraction of sp³-hybridized carbons (Fsp3) is 0.545. The van der Waals surface area contributed by atoms with Crippen molar-refractivity contribution in [1.29, 1.82) is 0 Å². The van der Waals surface area contributed by atoms with Gasteiger partial charge in [0.2, 0.25) is 5.91 Å². The summed E-state index contributed by atoms with van der Waals surface area (Å²) >= 11 is 0.